The van der Waals surface area contributed by atoms with Crippen molar-refractivity contribution >= 4 is 29.3 Å². The number of halogens is 1. The van der Waals surface area contributed by atoms with Crippen LogP contribution in [0.15, 0.2) is 50.5 Å². The SMILES string of the molecule is COC(=O)C[C@@H](c1cc(OC)c2c(c1OC)OCO2)c1oc(CSc2ccc(Cl)cc2)cc(=O)c1O. The van der Waals surface area contributed by atoms with Gasteiger partial charge < -0.3 is 33.2 Å². The highest BCUT2D eigenvalue weighted by Gasteiger charge is 2.35. The summed E-state index contributed by atoms with van der Waals surface area (Å²) in [5.41, 5.74) is -0.269. The van der Waals surface area contributed by atoms with Crippen LogP contribution in [-0.2, 0) is 15.3 Å². The lowest BCUT2D eigenvalue weighted by molar-refractivity contribution is -0.140. The van der Waals surface area contributed by atoms with Gasteiger partial charge in [0.2, 0.25) is 29.5 Å². The molecular weight excluding hydrogens is 512 g/mol. The van der Waals surface area contributed by atoms with Crippen LogP contribution in [0.3, 0.4) is 0 Å². The van der Waals surface area contributed by atoms with Crippen molar-refractivity contribution in [3.05, 3.63) is 68.7 Å². The van der Waals surface area contributed by atoms with Crippen LogP contribution < -0.4 is 24.4 Å². The fourth-order valence-corrected chi connectivity index (χ4v) is 4.70. The number of thioether (sulfide) groups is 1. The molecule has 11 heteroatoms. The highest BCUT2D eigenvalue weighted by molar-refractivity contribution is 7.98. The van der Waals surface area contributed by atoms with Crippen molar-refractivity contribution in [2.24, 2.45) is 0 Å². The van der Waals surface area contributed by atoms with E-state index in [-0.39, 0.29) is 36.2 Å². The van der Waals surface area contributed by atoms with Crippen molar-refractivity contribution < 1.29 is 38.0 Å². The van der Waals surface area contributed by atoms with Gasteiger partial charge in [-0.15, -0.1) is 11.8 Å². The number of methoxy groups -OCH3 is 3. The van der Waals surface area contributed by atoms with Gasteiger partial charge in [-0.3, -0.25) is 9.59 Å². The van der Waals surface area contributed by atoms with E-state index in [1.807, 2.05) is 12.1 Å². The van der Waals surface area contributed by atoms with Gasteiger partial charge >= 0.3 is 5.97 Å². The van der Waals surface area contributed by atoms with Crippen molar-refractivity contribution in [2.75, 3.05) is 28.1 Å². The minimum absolute atomic E-state index is 0.0507. The molecule has 1 aliphatic rings. The number of benzene rings is 2. The maximum absolute atomic E-state index is 12.7. The largest absolute Gasteiger partial charge is 0.502 e. The zero-order chi connectivity index (χ0) is 25.8. The van der Waals surface area contributed by atoms with Crippen LogP contribution in [-0.4, -0.2) is 39.2 Å². The molecule has 0 aliphatic carbocycles. The fourth-order valence-electron chi connectivity index (χ4n) is 3.80. The quantitative estimate of drug-likeness (QED) is 0.305. The molecule has 0 bridgehead atoms. The summed E-state index contributed by atoms with van der Waals surface area (Å²) in [4.78, 5) is 26.0. The maximum Gasteiger partial charge on any atom is 0.306 e. The van der Waals surface area contributed by atoms with E-state index in [0.29, 0.717) is 27.8 Å². The minimum atomic E-state index is -0.969. The number of ether oxygens (including phenoxy) is 5. The van der Waals surface area contributed by atoms with E-state index in [4.69, 9.17) is 39.7 Å². The summed E-state index contributed by atoms with van der Waals surface area (Å²) in [6.07, 6.45) is -0.264. The molecule has 1 aromatic heterocycles. The van der Waals surface area contributed by atoms with Crippen LogP contribution in [0.25, 0.3) is 0 Å². The number of esters is 1. The van der Waals surface area contributed by atoms with E-state index in [0.717, 1.165) is 4.90 Å². The van der Waals surface area contributed by atoms with Gasteiger partial charge in [-0.25, -0.2) is 0 Å². The van der Waals surface area contributed by atoms with Gasteiger partial charge in [-0.05, 0) is 30.3 Å². The number of hydrogen-bond acceptors (Lipinski definition) is 10. The van der Waals surface area contributed by atoms with Gasteiger partial charge in [-0.1, -0.05) is 11.6 Å². The first-order chi connectivity index (χ1) is 17.4. The molecule has 0 saturated heterocycles. The van der Waals surface area contributed by atoms with Gasteiger partial charge in [0.15, 0.2) is 17.3 Å². The van der Waals surface area contributed by atoms with E-state index in [1.165, 1.54) is 39.2 Å². The molecule has 1 atom stereocenters. The Morgan fingerprint density at radius 1 is 1.11 bits per heavy atom. The highest BCUT2D eigenvalue weighted by Crippen LogP contribution is 2.53. The number of hydrogen-bond donors (Lipinski definition) is 1. The van der Waals surface area contributed by atoms with Crippen molar-refractivity contribution in [3.63, 3.8) is 0 Å². The summed E-state index contributed by atoms with van der Waals surface area (Å²) in [5.74, 6) is -0.519. The van der Waals surface area contributed by atoms with Crippen LogP contribution in [0, 0.1) is 0 Å². The lowest BCUT2D eigenvalue weighted by Crippen LogP contribution is -2.15. The number of carbonyl (C=O) groups is 1. The molecule has 1 N–H and O–H groups in total. The van der Waals surface area contributed by atoms with E-state index < -0.39 is 23.1 Å². The second kappa shape index (κ2) is 11.0. The van der Waals surface area contributed by atoms with Crippen molar-refractivity contribution in [1.29, 1.82) is 0 Å². The number of carbonyl (C=O) groups excluding carboxylic acids is 1. The topological polar surface area (TPSA) is 114 Å². The standard InChI is InChI=1S/C25H23ClO9S/c1-30-19-9-16(23(32-3)25-24(19)33-12-34-25)17(10-20(28)31-2)22-21(29)18(27)8-14(35-22)11-36-15-6-4-13(26)5-7-15/h4-9,17,29H,10-12H2,1-3H3/t17-/m0/s1. The predicted molar refractivity (Wildman–Crippen MR) is 132 cm³/mol. The highest BCUT2D eigenvalue weighted by atomic mass is 35.5. The summed E-state index contributed by atoms with van der Waals surface area (Å²) >= 11 is 7.36. The molecule has 1 aliphatic heterocycles. The van der Waals surface area contributed by atoms with Crippen LogP contribution in [0.4, 0.5) is 0 Å². The maximum atomic E-state index is 12.7. The molecule has 4 rings (SSSR count). The van der Waals surface area contributed by atoms with Gasteiger partial charge in [0.1, 0.15) is 5.76 Å². The van der Waals surface area contributed by atoms with Crippen LogP contribution in [0.2, 0.25) is 5.02 Å². The average Bonchev–Trinajstić information content (AvgIpc) is 3.38. The molecule has 3 aromatic rings. The molecule has 190 valence electrons. The Morgan fingerprint density at radius 3 is 2.50 bits per heavy atom. The molecule has 0 saturated carbocycles. The smallest absolute Gasteiger partial charge is 0.306 e. The lowest BCUT2D eigenvalue weighted by atomic mass is 9.90. The molecule has 36 heavy (non-hydrogen) atoms. The van der Waals surface area contributed by atoms with Crippen LogP contribution >= 0.6 is 23.4 Å². The number of fused-ring (bicyclic) bond motifs is 1. The molecular formula is C25H23ClO9S. The molecule has 2 aromatic carbocycles. The van der Waals surface area contributed by atoms with Crippen LogP contribution in [0.5, 0.6) is 28.7 Å². The van der Waals surface area contributed by atoms with E-state index in [2.05, 4.69) is 0 Å². The van der Waals surface area contributed by atoms with Crippen molar-refractivity contribution in [2.45, 2.75) is 23.0 Å². The molecule has 0 spiro atoms. The molecule has 0 unspecified atom stereocenters. The Kier molecular flexibility index (Phi) is 7.85. The average molecular weight is 535 g/mol. The minimum Gasteiger partial charge on any atom is -0.502 e. The second-order valence-electron chi connectivity index (χ2n) is 7.63. The Labute approximate surface area is 215 Å². The molecule has 0 fully saturated rings. The first-order valence-electron chi connectivity index (χ1n) is 10.7. The summed E-state index contributed by atoms with van der Waals surface area (Å²) in [5, 5.41) is 11.3. The number of rotatable bonds is 9. The van der Waals surface area contributed by atoms with Crippen molar-refractivity contribution in [3.8, 4) is 28.7 Å². The van der Waals surface area contributed by atoms with Gasteiger partial charge in [-0.2, -0.15) is 0 Å². The fraction of sp³-hybridized carbons (Fsp3) is 0.280. The Morgan fingerprint density at radius 2 is 1.83 bits per heavy atom. The van der Waals surface area contributed by atoms with Gasteiger partial charge in [0.05, 0.1) is 39.4 Å². The Bertz CT molecular complexity index is 1320. The first-order valence-corrected chi connectivity index (χ1v) is 12.1. The zero-order valence-corrected chi connectivity index (χ0v) is 21.2. The molecule has 2 heterocycles. The van der Waals surface area contributed by atoms with Gasteiger partial charge in [0, 0.05) is 21.5 Å². The zero-order valence-electron chi connectivity index (χ0n) is 19.7. The van der Waals surface area contributed by atoms with E-state index >= 15 is 0 Å². The summed E-state index contributed by atoms with van der Waals surface area (Å²) in [6.45, 7) is -0.0507. The molecule has 0 radical (unpaired) electrons. The Hall–Kier alpha value is -3.50. The summed E-state index contributed by atoms with van der Waals surface area (Å²) < 4.78 is 33.0. The summed E-state index contributed by atoms with van der Waals surface area (Å²) in [7, 11) is 4.12. The lowest BCUT2D eigenvalue weighted by Gasteiger charge is -2.21. The monoisotopic (exact) mass is 534 g/mol. The third kappa shape index (κ3) is 5.19. The molecule has 9 nitrogen and oxygen atoms in total. The summed E-state index contributed by atoms with van der Waals surface area (Å²) in [6, 6.07) is 10.0. The second-order valence-corrected chi connectivity index (χ2v) is 9.12. The first kappa shape index (κ1) is 25.6. The number of aromatic hydroxyl groups is 1. The van der Waals surface area contributed by atoms with E-state index in [1.54, 1.807) is 18.2 Å². The molecule has 0 amide bonds. The Balaban J connectivity index is 1.81. The van der Waals surface area contributed by atoms with Crippen LogP contribution in [0.1, 0.15) is 29.4 Å². The predicted octanol–water partition coefficient (Wildman–Crippen LogP) is 4.73. The van der Waals surface area contributed by atoms with Crippen molar-refractivity contribution in [1.82, 2.24) is 0 Å². The van der Waals surface area contributed by atoms with E-state index in [9.17, 15) is 14.7 Å². The third-order valence-corrected chi connectivity index (χ3v) is 6.79. The third-order valence-electron chi connectivity index (χ3n) is 5.50. The normalized spacial score (nSPS) is 12.8. The van der Waals surface area contributed by atoms with Gasteiger partial charge in [0.25, 0.3) is 0 Å².